The van der Waals surface area contributed by atoms with Gasteiger partial charge >= 0.3 is 0 Å². The van der Waals surface area contributed by atoms with Crippen LogP contribution in [0, 0.1) is 5.82 Å². The van der Waals surface area contributed by atoms with E-state index < -0.39 is 0 Å². The largest absolute Gasteiger partial charge is 0.496 e. The summed E-state index contributed by atoms with van der Waals surface area (Å²) in [6, 6.07) is 14.5. The molecule has 2 aromatic carbocycles. The Labute approximate surface area is 146 Å². The van der Waals surface area contributed by atoms with E-state index in [1.165, 1.54) is 6.07 Å². The topological polar surface area (TPSA) is 45.6 Å². The fourth-order valence-corrected chi connectivity index (χ4v) is 2.99. The third-order valence-corrected chi connectivity index (χ3v) is 4.20. The SMILES string of the molecule is COc1ccccc1CN(CCO)Cc1ccc(F)c2cccnc12. The molecule has 1 heterocycles. The van der Waals surface area contributed by atoms with Crippen molar-refractivity contribution >= 4 is 10.9 Å². The Bertz CT molecular complexity index is 854. The fourth-order valence-electron chi connectivity index (χ4n) is 2.99. The van der Waals surface area contributed by atoms with Crippen LogP contribution in [-0.4, -0.2) is 35.3 Å². The molecule has 0 aliphatic heterocycles. The summed E-state index contributed by atoms with van der Waals surface area (Å²) in [4.78, 5) is 6.44. The van der Waals surface area contributed by atoms with Crippen molar-refractivity contribution in [2.75, 3.05) is 20.3 Å². The number of para-hydroxylation sites is 1. The van der Waals surface area contributed by atoms with Crippen LogP contribution in [0.2, 0.25) is 0 Å². The number of benzene rings is 2. The average molecular weight is 340 g/mol. The number of rotatable bonds is 7. The van der Waals surface area contributed by atoms with E-state index >= 15 is 0 Å². The minimum atomic E-state index is -0.273. The van der Waals surface area contributed by atoms with E-state index in [0.29, 0.717) is 30.5 Å². The Morgan fingerprint density at radius 2 is 1.84 bits per heavy atom. The Balaban J connectivity index is 1.89. The van der Waals surface area contributed by atoms with Crippen LogP contribution >= 0.6 is 0 Å². The molecule has 0 saturated heterocycles. The predicted octanol–water partition coefficient (Wildman–Crippen LogP) is 3.38. The van der Waals surface area contributed by atoms with Gasteiger partial charge < -0.3 is 9.84 Å². The first-order valence-electron chi connectivity index (χ1n) is 8.20. The molecule has 0 bridgehead atoms. The second kappa shape index (κ2) is 8.05. The standard InChI is InChI=1S/C20H21FN2O2/c1-25-19-7-3-2-5-15(19)13-23(11-12-24)14-16-8-9-18(21)17-6-4-10-22-20(16)17/h2-10,24H,11-14H2,1H3. The Kier molecular flexibility index (Phi) is 5.58. The van der Waals surface area contributed by atoms with Gasteiger partial charge in [-0.15, -0.1) is 0 Å². The number of aliphatic hydroxyl groups is 1. The number of methoxy groups -OCH3 is 1. The van der Waals surface area contributed by atoms with Crippen LogP contribution in [0.25, 0.3) is 10.9 Å². The molecule has 0 spiro atoms. The first-order valence-corrected chi connectivity index (χ1v) is 8.20. The molecule has 0 fully saturated rings. The fraction of sp³-hybridized carbons (Fsp3) is 0.250. The van der Waals surface area contributed by atoms with Gasteiger partial charge in [0.25, 0.3) is 0 Å². The molecule has 25 heavy (non-hydrogen) atoms. The molecule has 1 N–H and O–H groups in total. The maximum absolute atomic E-state index is 14.0. The van der Waals surface area contributed by atoms with E-state index in [1.807, 2.05) is 24.3 Å². The van der Waals surface area contributed by atoms with E-state index in [4.69, 9.17) is 4.74 Å². The minimum Gasteiger partial charge on any atom is -0.496 e. The minimum absolute atomic E-state index is 0.0434. The van der Waals surface area contributed by atoms with E-state index in [0.717, 1.165) is 16.9 Å². The third-order valence-electron chi connectivity index (χ3n) is 4.20. The van der Waals surface area contributed by atoms with Crippen LogP contribution in [-0.2, 0) is 13.1 Å². The Morgan fingerprint density at radius 3 is 2.64 bits per heavy atom. The van der Waals surface area contributed by atoms with Gasteiger partial charge in [0, 0.05) is 36.8 Å². The van der Waals surface area contributed by atoms with E-state index in [9.17, 15) is 9.50 Å². The summed E-state index contributed by atoms with van der Waals surface area (Å²) in [5, 5.41) is 9.94. The number of pyridine rings is 1. The molecule has 0 unspecified atom stereocenters. The van der Waals surface area contributed by atoms with E-state index in [-0.39, 0.29) is 12.4 Å². The predicted molar refractivity (Wildman–Crippen MR) is 95.9 cm³/mol. The normalized spacial score (nSPS) is 11.2. The number of ether oxygens (including phenoxy) is 1. The highest BCUT2D eigenvalue weighted by atomic mass is 19.1. The van der Waals surface area contributed by atoms with E-state index in [2.05, 4.69) is 9.88 Å². The van der Waals surface area contributed by atoms with Crippen molar-refractivity contribution in [2.45, 2.75) is 13.1 Å². The van der Waals surface area contributed by atoms with Crippen LogP contribution in [0.1, 0.15) is 11.1 Å². The number of aliphatic hydroxyl groups excluding tert-OH is 1. The lowest BCUT2D eigenvalue weighted by molar-refractivity contribution is 0.183. The maximum Gasteiger partial charge on any atom is 0.132 e. The quantitative estimate of drug-likeness (QED) is 0.716. The van der Waals surface area contributed by atoms with Crippen molar-refractivity contribution in [3.05, 3.63) is 71.7 Å². The lowest BCUT2D eigenvalue weighted by atomic mass is 10.1. The van der Waals surface area contributed by atoms with Gasteiger partial charge in [-0.2, -0.15) is 0 Å². The maximum atomic E-state index is 14.0. The zero-order valence-corrected chi connectivity index (χ0v) is 14.2. The van der Waals surface area contributed by atoms with Crippen LogP contribution < -0.4 is 4.74 Å². The molecule has 5 heteroatoms. The first-order chi connectivity index (χ1) is 12.2. The molecule has 0 radical (unpaired) electrons. The molecule has 0 atom stereocenters. The number of hydrogen-bond acceptors (Lipinski definition) is 4. The molecule has 4 nitrogen and oxygen atoms in total. The number of fused-ring (bicyclic) bond motifs is 1. The first kappa shape index (κ1) is 17.3. The molecule has 3 aromatic rings. The van der Waals surface area contributed by atoms with Gasteiger partial charge in [0.15, 0.2) is 0 Å². The molecular weight excluding hydrogens is 319 g/mol. The van der Waals surface area contributed by atoms with Gasteiger partial charge in [0.1, 0.15) is 11.6 Å². The molecule has 0 aliphatic rings. The Morgan fingerprint density at radius 1 is 1.04 bits per heavy atom. The highest BCUT2D eigenvalue weighted by Gasteiger charge is 2.13. The summed E-state index contributed by atoms with van der Waals surface area (Å²) < 4.78 is 19.4. The van der Waals surface area contributed by atoms with Crippen LogP contribution in [0.4, 0.5) is 4.39 Å². The van der Waals surface area contributed by atoms with Gasteiger partial charge in [-0.25, -0.2) is 4.39 Å². The monoisotopic (exact) mass is 340 g/mol. The van der Waals surface area contributed by atoms with Gasteiger partial charge in [-0.3, -0.25) is 9.88 Å². The van der Waals surface area contributed by atoms with Crippen LogP contribution in [0.15, 0.2) is 54.7 Å². The van der Waals surface area contributed by atoms with Crippen molar-refractivity contribution in [2.24, 2.45) is 0 Å². The van der Waals surface area contributed by atoms with Gasteiger partial charge in [-0.05, 0) is 29.8 Å². The summed E-state index contributed by atoms with van der Waals surface area (Å²) in [6.07, 6.45) is 1.67. The third kappa shape index (κ3) is 3.95. The number of aromatic nitrogens is 1. The van der Waals surface area contributed by atoms with Gasteiger partial charge in [-0.1, -0.05) is 24.3 Å². The molecule has 0 amide bonds. The lowest BCUT2D eigenvalue weighted by Crippen LogP contribution is -2.26. The molecule has 3 rings (SSSR count). The van der Waals surface area contributed by atoms with E-state index in [1.54, 1.807) is 31.5 Å². The summed E-state index contributed by atoms with van der Waals surface area (Å²) in [6.45, 7) is 1.73. The van der Waals surface area contributed by atoms with Crippen molar-refractivity contribution in [1.82, 2.24) is 9.88 Å². The molecular formula is C20H21FN2O2. The van der Waals surface area contributed by atoms with Gasteiger partial charge in [0.2, 0.25) is 0 Å². The second-order valence-corrected chi connectivity index (χ2v) is 5.85. The summed E-state index contributed by atoms with van der Waals surface area (Å²) in [7, 11) is 1.65. The zero-order chi connectivity index (χ0) is 17.6. The molecule has 0 saturated carbocycles. The van der Waals surface area contributed by atoms with Crippen LogP contribution in [0.5, 0.6) is 5.75 Å². The molecule has 130 valence electrons. The zero-order valence-electron chi connectivity index (χ0n) is 14.2. The smallest absolute Gasteiger partial charge is 0.132 e. The summed E-state index contributed by atoms with van der Waals surface area (Å²) >= 11 is 0. The number of hydrogen-bond donors (Lipinski definition) is 1. The lowest BCUT2D eigenvalue weighted by Gasteiger charge is -2.23. The highest BCUT2D eigenvalue weighted by Crippen LogP contribution is 2.23. The Hall–Kier alpha value is -2.50. The average Bonchev–Trinajstić information content (AvgIpc) is 2.65. The van der Waals surface area contributed by atoms with Crippen molar-refractivity contribution in [3.63, 3.8) is 0 Å². The number of nitrogens with zero attached hydrogens (tertiary/aromatic N) is 2. The van der Waals surface area contributed by atoms with Crippen molar-refractivity contribution in [1.29, 1.82) is 0 Å². The van der Waals surface area contributed by atoms with Crippen molar-refractivity contribution < 1.29 is 14.2 Å². The molecule has 0 aliphatic carbocycles. The number of halogens is 1. The van der Waals surface area contributed by atoms with Gasteiger partial charge in [0.05, 0.1) is 19.2 Å². The molecule has 1 aromatic heterocycles. The highest BCUT2D eigenvalue weighted by molar-refractivity contribution is 5.82. The summed E-state index contributed by atoms with van der Waals surface area (Å²) in [5.74, 6) is 0.540. The van der Waals surface area contributed by atoms with Crippen molar-refractivity contribution in [3.8, 4) is 5.75 Å². The second-order valence-electron chi connectivity index (χ2n) is 5.85. The summed E-state index contributed by atoms with van der Waals surface area (Å²) in [5.41, 5.74) is 2.63. The van der Waals surface area contributed by atoms with Crippen LogP contribution in [0.3, 0.4) is 0 Å².